The zero-order chi connectivity index (χ0) is 10.1. The second kappa shape index (κ2) is 4.01. The summed E-state index contributed by atoms with van der Waals surface area (Å²) >= 11 is 1.62. The third-order valence-corrected chi connectivity index (χ3v) is 3.88. The monoisotopic (exact) mass is 212 g/mol. The van der Waals surface area contributed by atoms with E-state index in [0.717, 1.165) is 17.7 Å². The van der Waals surface area contributed by atoms with Crippen LogP contribution in [0.25, 0.3) is 0 Å². The zero-order valence-electron chi connectivity index (χ0n) is 8.56. The van der Waals surface area contributed by atoms with Gasteiger partial charge in [0.1, 0.15) is 6.10 Å². The molecule has 0 radical (unpaired) electrons. The highest BCUT2D eigenvalue weighted by atomic mass is 32.1. The maximum Gasteiger partial charge on any atom is 0.114 e. The van der Waals surface area contributed by atoms with E-state index in [1.807, 2.05) is 18.4 Å². The van der Waals surface area contributed by atoms with E-state index >= 15 is 0 Å². The van der Waals surface area contributed by atoms with Crippen LogP contribution in [0.4, 0.5) is 0 Å². The Bertz CT molecular complexity index is 308. The van der Waals surface area contributed by atoms with Crippen molar-refractivity contribution in [1.82, 2.24) is 0 Å². The largest absolute Gasteiger partial charge is 0.385 e. The van der Waals surface area contributed by atoms with Crippen LogP contribution in [0.15, 0.2) is 11.4 Å². The first kappa shape index (κ1) is 10.1. The van der Waals surface area contributed by atoms with Gasteiger partial charge in [0.15, 0.2) is 0 Å². The smallest absolute Gasteiger partial charge is 0.114 e. The van der Waals surface area contributed by atoms with E-state index in [9.17, 15) is 5.11 Å². The van der Waals surface area contributed by atoms with Gasteiger partial charge in [0, 0.05) is 4.88 Å². The molecule has 2 rings (SSSR count). The lowest BCUT2D eigenvalue weighted by Gasteiger charge is -2.17. The molecule has 1 saturated heterocycles. The number of hydrogen-bond acceptors (Lipinski definition) is 3. The summed E-state index contributed by atoms with van der Waals surface area (Å²) in [6.45, 7) is 4.10. The highest BCUT2D eigenvalue weighted by Crippen LogP contribution is 2.33. The number of thiophene rings is 1. The van der Waals surface area contributed by atoms with Crippen molar-refractivity contribution in [2.75, 3.05) is 0 Å². The minimum atomic E-state index is -0.431. The molecule has 1 N–H and O–H groups in total. The quantitative estimate of drug-likeness (QED) is 0.816. The van der Waals surface area contributed by atoms with Gasteiger partial charge in [-0.3, -0.25) is 0 Å². The van der Waals surface area contributed by atoms with E-state index in [0.29, 0.717) is 6.10 Å². The van der Waals surface area contributed by atoms with E-state index in [-0.39, 0.29) is 6.10 Å². The number of hydrogen-bond donors (Lipinski definition) is 1. The fraction of sp³-hybridized carbons (Fsp3) is 0.636. The van der Waals surface area contributed by atoms with Crippen molar-refractivity contribution < 1.29 is 9.84 Å². The molecule has 1 aromatic heterocycles. The van der Waals surface area contributed by atoms with E-state index in [1.165, 1.54) is 5.56 Å². The molecule has 14 heavy (non-hydrogen) atoms. The molecule has 2 nitrogen and oxygen atoms in total. The van der Waals surface area contributed by atoms with Crippen molar-refractivity contribution in [2.24, 2.45) is 0 Å². The van der Waals surface area contributed by atoms with Crippen LogP contribution in [0.1, 0.15) is 36.3 Å². The molecule has 3 atom stereocenters. The molecule has 3 unspecified atom stereocenters. The number of ether oxygens (including phenoxy) is 1. The molecular formula is C11H16O2S. The Balaban J connectivity index is 2.09. The van der Waals surface area contributed by atoms with Crippen molar-refractivity contribution in [3.8, 4) is 0 Å². The molecule has 1 aliphatic heterocycles. The molecule has 0 amide bonds. The second-order valence-electron chi connectivity index (χ2n) is 3.98. The summed E-state index contributed by atoms with van der Waals surface area (Å²) in [6, 6.07) is 2.04. The summed E-state index contributed by atoms with van der Waals surface area (Å²) in [4.78, 5) is 1.06. The first-order valence-corrected chi connectivity index (χ1v) is 5.94. The van der Waals surface area contributed by atoms with Crippen molar-refractivity contribution >= 4 is 11.3 Å². The summed E-state index contributed by atoms with van der Waals surface area (Å²) in [5, 5.41) is 12.1. The molecule has 1 fully saturated rings. The lowest BCUT2D eigenvalue weighted by molar-refractivity contribution is -0.0285. The average Bonchev–Trinajstić information content (AvgIpc) is 2.73. The van der Waals surface area contributed by atoms with E-state index in [4.69, 9.17) is 4.74 Å². The molecule has 3 heteroatoms. The molecule has 0 spiro atoms. The van der Waals surface area contributed by atoms with Crippen LogP contribution in [-0.2, 0) is 4.74 Å². The summed E-state index contributed by atoms with van der Waals surface area (Å²) < 4.78 is 5.66. The van der Waals surface area contributed by atoms with Crippen LogP contribution in [0.5, 0.6) is 0 Å². The highest BCUT2D eigenvalue weighted by molar-refractivity contribution is 7.10. The maximum atomic E-state index is 10.1. The van der Waals surface area contributed by atoms with Crippen molar-refractivity contribution in [3.05, 3.63) is 21.9 Å². The van der Waals surface area contributed by atoms with Crippen LogP contribution in [0.3, 0.4) is 0 Å². The Morgan fingerprint density at radius 2 is 2.36 bits per heavy atom. The van der Waals surface area contributed by atoms with Crippen LogP contribution in [-0.4, -0.2) is 17.3 Å². The van der Waals surface area contributed by atoms with Gasteiger partial charge >= 0.3 is 0 Å². The Morgan fingerprint density at radius 1 is 1.57 bits per heavy atom. The topological polar surface area (TPSA) is 29.5 Å². The zero-order valence-corrected chi connectivity index (χ0v) is 9.38. The third kappa shape index (κ3) is 1.85. The molecule has 1 aromatic rings. The van der Waals surface area contributed by atoms with E-state index < -0.39 is 6.10 Å². The molecular weight excluding hydrogens is 196 g/mol. The van der Waals surface area contributed by atoms with Gasteiger partial charge in [-0.2, -0.15) is 0 Å². The molecule has 0 aromatic carbocycles. The molecule has 0 bridgehead atoms. The lowest BCUT2D eigenvalue weighted by atomic mass is 10.1. The maximum absolute atomic E-state index is 10.1. The highest BCUT2D eigenvalue weighted by Gasteiger charge is 2.30. The van der Waals surface area contributed by atoms with Crippen molar-refractivity contribution in [1.29, 1.82) is 0 Å². The van der Waals surface area contributed by atoms with E-state index in [2.05, 4.69) is 6.92 Å². The van der Waals surface area contributed by atoms with Crippen molar-refractivity contribution in [2.45, 2.75) is 45.0 Å². The van der Waals surface area contributed by atoms with Gasteiger partial charge < -0.3 is 9.84 Å². The Hall–Kier alpha value is -0.380. The summed E-state index contributed by atoms with van der Waals surface area (Å²) in [7, 11) is 0. The van der Waals surface area contributed by atoms with Gasteiger partial charge in [-0.25, -0.2) is 0 Å². The number of rotatable bonds is 2. The van der Waals surface area contributed by atoms with Gasteiger partial charge in [0.2, 0.25) is 0 Å². The number of aliphatic hydroxyl groups is 1. The Morgan fingerprint density at radius 3 is 2.86 bits per heavy atom. The second-order valence-corrected chi connectivity index (χ2v) is 4.92. The van der Waals surface area contributed by atoms with Crippen LogP contribution >= 0.6 is 11.3 Å². The predicted molar refractivity (Wildman–Crippen MR) is 57.6 cm³/mol. The summed E-state index contributed by atoms with van der Waals surface area (Å²) in [5.74, 6) is 0. The summed E-state index contributed by atoms with van der Waals surface area (Å²) in [5.41, 5.74) is 1.17. The van der Waals surface area contributed by atoms with Gasteiger partial charge in [0.25, 0.3) is 0 Å². The third-order valence-electron chi connectivity index (χ3n) is 2.79. The fourth-order valence-corrected chi connectivity index (χ4v) is 2.89. The predicted octanol–water partition coefficient (Wildman–Crippen LogP) is 2.66. The molecule has 78 valence electrons. The molecule has 1 aliphatic rings. The van der Waals surface area contributed by atoms with Gasteiger partial charge in [0.05, 0.1) is 12.2 Å². The van der Waals surface area contributed by atoms with Gasteiger partial charge in [-0.05, 0) is 43.7 Å². The Kier molecular flexibility index (Phi) is 2.91. The molecule has 2 heterocycles. The number of aliphatic hydroxyl groups excluding tert-OH is 1. The summed E-state index contributed by atoms with van der Waals surface area (Å²) in [6.07, 6.45) is 1.91. The van der Waals surface area contributed by atoms with Crippen molar-refractivity contribution in [3.63, 3.8) is 0 Å². The molecule has 0 aliphatic carbocycles. The van der Waals surface area contributed by atoms with Crippen LogP contribution in [0, 0.1) is 6.92 Å². The van der Waals surface area contributed by atoms with Crippen LogP contribution < -0.4 is 0 Å². The fourth-order valence-electron chi connectivity index (χ4n) is 1.92. The van der Waals surface area contributed by atoms with Crippen LogP contribution in [0.2, 0.25) is 0 Å². The standard InChI is InChI=1S/C11H16O2S/c1-7-5-6-14-11(7)10(12)9-4-3-8(2)13-9/h5-6,8-10,12H,3-4H2,1-2H3. The minimum Gasteiger partial charge on any atom is -0.385 e. The molecule has 0 saturated carbocycles. The lowest BCUT2D eigenvalue weighted by Crippen LogP contribution is -2.18. The van der Waals surface area contributed by atoms with Gasteiger partial charge in [-0.1, -0.05) is 0 Å². The number of aryl methyl sites for hydroxylation is 1. The first-order valence-electron chi connectivity index (χ1n) is 5.06. The normalized spacial score (nSPS) is 29.4. The SMILES string of the molecule is Cc1ccsc1C(O)C1CCC(C)O1. The Labute approximate surface area is 88.5 Å². The first-order chi connectivity index (χ1) is 6.68. The average molecular weight is 212 g/mol. The van der Waals surface area contributed by atoms with Gasteiger partial charge in [-0.15, -0.1) is 11.3 Å². The minimum absolute atomic E-state index is 0.00218. The van der Waals surface area contributed by atoms with E-state index in [1.54, 1.807) is 11.3 Å².